The minimum Gasteiger partial charge on any atom is -0.298 e. The van der Waals surface area contributed by atoms with Crippen LogP contribution in [0.2, 0.25) is 0 Å². The summed E-state index contributed by atoms with van der Waals surface area (Å²) in [5.41, 5.74) is 1.03. The Labute approximate surface area is 109 Å². The summed E-state index contributed by atoms with van der Waals surface area (Å²) in [5, 5.41) is 0. The van der Waals surface area contributed by atoms with E-state index in [4.69, 9.17) is 9.78 Å². The molecule has 3 nitrogen and oxygen atoms in total. The molecule has 0 heterocycles. The van der Waals surface area contributed by atoms with E-state index >= 15 is 0 Å². The molecule has 0 saturated heterocycles. The van der Waals surface area contributed by atoms with Crippen molar-refractivity contribution >= 4 is 5.97 Å². The van der Waals surface area contributed by atoms with Gasteiger partial charge in [0, 0.05) is 6.42 Å². The molecule has 0 aliphatic rings. The van der Waals surface area contributed by atoms with Crippen molar-refractivity contribution in [2.45, 2.75) is 52.1 Å². The minimum absolute atomic E-state index is 0.179. The number of carbonyl (C=O) groups excluding carboxylic acids is 1. The molecule has 0 spiro atoms. The number of benzene rings is 1. The molecule has 3 heteroatoms. The van der Waals surface area contributed by atoms with Crippen LogP contribution in [0.25, 0.3) is 0 Å². The lowest BCUT2D eigenvalue weighted by atomic mass is 10.1. The van der Waals surface area contributed by atoms with E-state index in [9.17, 15) is 4.79 Å². The molecule has 100 valence electrons. The van der Waals surface area contributed by atoms with Gasteiger partial charge >= 0.3 is 5.97 Å². The SMILES string of the molecule is CCCCCC(=O)OOC(CC)c1ccccc1. The predicted molar refractivity (Wildman–Crippen MR) is 70.8 cm³/mol. The van der Waals surface area contributed by atoms with Crippen molar-refractivity contribution in [1.29, 1.82) is 0 Å². The van der Waals surface area contributed by atoms with Gasteiger partial charge in [0.2, 0.25) is 0 Å². The molecule has 1 aromatic rings. The van der Waals surface area contributed by atoms with Crippen molar-refractivity contribution in [2.24, 2.45) is 0 Å². The lowest BCUT2D eigenvalue weighted by Crippen LogP contribution is -2.10. The number of hydrogen-bond acceptors (Lipinski definition) is 3. The highest BCUT2D eigenvalue weighted by molar-refractivity contribution is 5.68. The third-order valence-corrected chi connectivity index (χ3v) is 2.78. The van der Waals surface area contributed by atoms with E-state index < -0.39 is 0 Å². The van der Waals surface area contributed by atoms with Gasteiger partial charge in [-0.3, -0.25) is 4.89 Å². The van der Waals surface area contributed by atoms with Crippen molar-refractivity contribution in [2.75, 3.05) is 0 Å². The molecule has 0 fully saturated rings. The maximum atomic E-state index is 11.4. The van der Waals surface area contributed by atoms with Crippen LogP contribution in [0.4, 0.5) is 0 Å². The standard InChI is InChI=1S/C15H22O3/c1-3-5-7-12-15(16)18-17-14(4-2)13-10-8-6-9-11-13/h6,8-11,14H,3-5,7,12H2,1-2H3. The van der Waals surface area contributed by atoms with Crippen LogP contribution in [0.3, 0.4) is 0 Å². The van der Waals surface area contributed by atoms with Crippen LogP contribution in [0.15, 0.2) is 30.3 Å². The molecule has 0 amide bonds. The third kappa shape index (κ3) is 5.32. The highest BCUT2D eigenvalue weighted by Crippen LogP contribution is 2.21. The zero-order valence-electron chi connectivity index (χ0n) is 11.2. The van der Waals surface area contributed by atoms with Gasteiger partial charge in [0.05, 0.1) is 0 Å². The van der Waals surface area contributed by atoms with E-state index in [0.29, 0.717) is 6.42 Å². The van der Waals surface area contributed by atoms with E-state index in [2.05, 4.69) is 6.92 Å². The summed E-state index contributed by atoms with van der Waals surface area (Å²) in [5.74, 6) is -0.280. The van der Waals surface area contributed by atoms with Crippen molar-refractivity contribution in [3.63, 3.8) is 0 Å². The first-order chi connectivity index (χ1) is 8.77. The zero-order valence-corrected chi connectivity index (χ0v) is 11.2. The zero-order chi connectivity index (χ0) is 13.2. The second-order valence-corrected chi connectivity index (χ2v) is 4.32. The van der Waals surface area contributed by atoms with Crippen molar-refractivity contribution in [3.8, 4) is 0 Å². The first-order valence-corrected chi connectivity index (χ1v) is 6.69. The largest absolute Gasteiger partial charge is 0.342 e. The predicted octanol–water partition coefficient (Wildman–Crippen LogP) is 4.19. The average Bonchev–Trinajstić information content (AvgIpc) is 2.41. The normalized spacial score (nSPS) is 12.1. The molecule has 18 heavy (non-hydrogen) atoms. The Morgan fingerprint density at radius 3 is 2.50 bits per heavy atom. The molecule has 0 aliphatic heterocycles. The molecular weight excluding hydrogens is 228 g/mol. The molecule has 1 aromatic carbocycles. The molecule has 0 saturated carbocycles. The molecular formula is C15H22O3. The summed E-state index contributed by atoms with van der Waals surface area (Å²) in [7, 11) is 0. The molecule has 1 atom stereocenters. The van der Waals surface area contributed by atoms with Crippen LogP contribution in [-0.2, 0) is 14.6 Å². The van der Waals surface area contributed by atoms with Gasteiger partial charge in [0.15, 0.2) is 0 Å². The summed E-state index contributed by atoms with van der Waals surface area (Å²) in [6.45, 7) is 4.10. The van der Waals surface area contributed by atoms with Crippen molar-refractivity contribution in [3.05, 3.63) is 35.9 Å². The van der Waals surface area contributed by atoms with Crippen LogP contribution < -0.4 is 0 Å². The van der Waals surface area contributed by atoms with Crippen LogP contribution >= 0.6 is 0 Å². The molecule has 0 aliphatic carbocycles. The summed E-state index contributed by atoms with van der Waals surface area (Å²) in [6.07, 6.45) is 4.02. The smallest absolute Gasteiger partial charge is 0.298 e. The lowest BCUT2D eigenvalue weighted by Gasteiger charge is -2.14. The Bertz CT molecular complexity index is 335. The Balaban J connectivity index is 2.34. The van der Waals surface area contributed by atoms with Gasteiger partial charge in [-0.05, 0) is 18.4 Å². The van der Waals surface area contributed by atoms with Crippen molar-refractivity contribution < 1.29 is 14.6 Å². The topological polar surface area (TPSA) is 35.5 Å². The van der Waals surface area contributed by atoms with Crippen LogP contribution in [0.1, 0.15) is 57.6 Å². The third-order valence-electron chi connectivity index (χ3n) is 2.78. The number of rotatable bonds is 8. The monoisotopic (exact) mass is 250 g/mol. The van der Waals surface area contributed by atoms with Gasteiger partial charge in [-0.1, -0.05) is 57.0 Å². The number of hydrogen-bond donors (Lipinski definition) is 0. The molecule has 1 unspecified atom stereocenters. The summed E-state index contributed by atoms with van der Waals surface area (Å²) >= 11 is 0. The van der Waals surface area contributed by atoms with Crippen LogP contribution in [0, 0.1) is 0 Å². The molecule has 0 radical (unpaired) electrons. The van der Waals surface area contributed by atoms with Crippen LogP contribution in [-0.4, -0.2) is 5.97 Å². The van der Waals surface area contributed by atoms with E-state index in [-0.39, 0.29) is 12.1 Å². The van der Waals surface area contributed by atoms with E-state index in [1.807, 2.05) is 37.3 Å². The maximum absolute atomic E-state index is 11.4. The van der Waals surface area contributed by atoms with Crippen molar-refractivity contribution in [1.82, 2.24) is 0 Å². The second-order valence-electron chi connectivity index (χ2n) is 4.32. The number of unbranched alkanes of at least 4 members (excludes halogenated alkanes) is 2. The van der Waals surface area contributed by atoms with Gasteiger partial charge < -0.3 is 0 Å². The fraction of sp³-hybridized carbons (Fsp3) is 0.533. The molecule has 0 N–H and O–H groups in total. The van der Waals surface area contributed by atoms with Gasteiger partial charge in [-0.2, -0.15) is 4.89 Å². The van der Waals surface area contributed by atoms with Gasteiger partial charge in [-0.25, -0.2) is 4.79 Å². The van der Waals surface area contributed by atoms with E-state index in [1.165, 1.54) is 0 Å². The molecule has 0 aromatic heterocycles. The number of carbonyl (C=O) groups is 1. The molecule has 1 rings (SSSR count). The van der Waals surface area contributed by atoms with E-state index in [1.54, 1.807) is 0 Å². The minimum atomic E-state index is -0.280. The van der Waals surface area contributed by atoms with Gasteiger partial charge in [0.25, 0.3) is 0 Å². The lowest BCUT2D eigenvalue weighted by molar-refractivity contribution is -0.301. The fourth-order valence-corrected chi connectivity index (χ4v) is 1.70. The highest BCUT2D eigenvalue weighted by atomic mass is 17.2. The van der Waals surface area contributed by atoms with Gasteiger partial charge in [-0.15, -0.1) is 0 Å². The maximum Gasteiger partial charge on any atom is 0.342 e. The average molecular weight is 250 g/mol. The summed E-state index contributed by atoms with van der Waals surface area (Å²) in [4.78, 5) is 21.5. The summed E-state index contributed by atoms with van der Waals surface area (Å²) < 4.78 is 0. The van der Waals surface area contributed by atoms with Crippen LogP contribution in [0.5, 0.6) is 0 Å². The Hall–Kier alpha value is -1.35. The second kappa shape index (κ2) is 8.70. The first-order valence-electron chi connectivity index (χ1n) is 6.69. The summed E-state index contributed by atoms with van der Waals surface area (Å²) in [6, 6.07) is 9.79. The van der Waals surface area contributed by atoms with Gasteiger partial charge in [0.1, 0.15) is 6.10 Å². The highest BCUT2D eigenvalue weighted by Gasteiger charge is 2.13. The Morgan fingerprint density at radius 1 is 1.17 bits per heavy atom. The molecule has 0 bridgehead atoms. The Kier molecular flexibility index (Phi) is 7.11. The quantitative estimate of drug-likeness (QED) is 0.394. The Morgan fingerprint density at radius 2 is 1.89 bits per heavy atom. The first kappa shape index (κ1) is 14.7. The fourth-order valence-electron chi connectivity index (χ4n) is 1.70. The van der Waals surface area contributed by atoms with E-state index in [0.717, 1.165) is 31.2 Å².